The van der Waals surface area contributed by atoms with E-state index in [0.29, 0.717) is 15.0 Å². The summed E-state index contributed by atoms with van der Waals surface area (Å²) in [6, 6.07) is 5.06. The number of hydrogen-bond acceptors (Lipinski definition) is 4. The van der Waals surface area contributed by atoms with Crippen molar-refractivity contribution in [1.82, 2.24) is 15.2 Å². The predicted octanol–water partition coefficient (Wildman–Crippen LogP) is 2.59. The molecule has 0 bridgehead atoms. The molecule has 0 amide bonds. The number of H-pyrrole nitrogens is 1. The summed E-state index contributed by atoms with van der Waals surface area (Å²) in [5.74, 6) is -0.314. The van der Waals surface area contributed by atoms with Gasteiger partial charge in [0.05, 0.1) is 15.9 Å². The molecule has 0 spiro atoms. The van der Waals surface area contributed by atoms with E-state index in [9.17, 15) is 9.90 Å². The molecule has 0 saturated heterocycles. The number of benzene rings is 1. The number of nitrogens with one attached hydrogen (secondary N) is 1. The van der Waals surface area contributed by atoms with Crippen LogP contribution >= 0.6 is 27.5 Å². The van der Waals surface area contributed by atoms with E-state index in [4.69, 9.17) is 11.6 Å². The molecule has 18 heavy (non-hydrogen) atoms. The van der Waals surface area contributed by atoms with Crippen LogP contribution in [0.2, 0.25) is 5.02 Å². The number of rotatable bonds is 0. The third-order valence-electron chi connectivity index (χ3n) is 2.58. The Morgan fingerprint density at radius 2 is 2.11 bits per heavy atom. The third-order valence-corrected chi connectivity index (χ3v) is 3.77. The fourth-order valence-corrected chi connectivity index (χ4v) is 2.25. The number of aromatic nitrogens is 3. The van der Waals surface area contributed by atoms with Crippen LogP contribution in [0.25, 0.3) is 21.8 Å². The maximum atomic E-state index is 11.6. The third kappa shape index (κ3) is 1.65. The van der Waals surface area contributed by atoms with Gasteiger partial charge in [-0.1, -0.05) is 11.6 Å². The van der Waals surface area contributed by atoms with Crippen LogP contribution in [0, 0.1) is 0 Å². The fourth-order valence-electron chi connectivity index (χ4n) is 1.73. The Labute approximate surface area is 114 Å². The summed E-state index contributed by atoms with van der Waals surface area (Å²) in [5.41, 5.74) is 0.339. The van der Waals surface area contributed by atoms with E-state index in [-0.39, 0.29) is 16.8 Å². The molecule has 2 heterocycles. The predicted molar refractivity (Wildman–Crippen MR) is 72.0 cm³/mol. The molecule has 0 unspecified atom stereocenters. The lowest BCUT2D eigenvalue weighted by Gasteiger charge is -2.03. The van der Waals surface area contributed by atoms with Gasteiger partial charge in [0.25, 0.3) is 11.4 Å². The van der Waals surface area contributed by atoms with Crippen LogP contribution in [-0.2, 0) is 0 Å². The smallest absolute Gasteiger partial charge is 0.273 e. The van der Waals surface area contributed by atoms with Crippen molar-refractivity contribution in [3.05, 3.63) is 38.0 Å². The van der Waals surface area contributed by atoms with Crippen LogP contribution in [0.15, 0.2) is 27.5 Å². The molecule has 2 aromatic heterocycles. The zero-order valence-electron chi connectivity index (χ0n) is 8.74. The van der Waals surface area contributed by atoms with Gasteiger partial charge in [0, 0.05) is 9.86 Å². The molecule has 1 aromatic carbocycles. The zero-order valence-corrected chi connectivity index (χ0v) is 11.1. The van der Waals surface area contributed by atoms with E-state index in [0.717, 1.165) is 5.39 Å². The molecule has 0 aliphatic rings. The van der Waals surface area contributed by atoms with Crippen molar-refractivity contribution < 1.29 is 5.11 Å². The second-order valence-electron chi connectivity index (χ2n) is 3.72. The monoisotopic (exact) mass is 325 g/mol. The summed E-state index contributed by atoms with van der Waals surface area (Å²) < 4.78 is 0.715. The Morgan fingerprint density at radius 3 is 2.89 bits per heavy atom. The highest BCUT2D eigenvalue weighted by atomic mass is 79.9. The van der Waals surface area contributed by atoms with Crippen molar-refractivity contribution in [3.63, 3.8) is 0 Å². The molecule has 5 nitrogen and oxygen atoms in total. The Morgan fingerprint density at radius 1 is 1.33 bits per heavy atom. The Hall–Kier alpha value is -1.66. The summed E-state index contributed by atoms with van der Waals surface area (Å²) in [7, 11) is 0. The molecule has 0 radical (unpaired) electrons. The summed E-state index contributed by atoms with van der Waals surface area (Å²) in [4.78, 5) is 15.8. The lowest BCUT2D eigenvalue weighted by atomic mass is 10.1. The van der Waals surface area contributed by atoms with Gasteiger partial charge in [-0.25, -0.2) is 10.1 Å². The number of halogens is 2. The molecule has 90 valence electrons. The highest BCUT2D eigenvalue weighted by Gasteiger charge is 2.10. The van der Waals surface area contributed by atoms with Gasteiger partial charge in [-0.2, -0.15) is 0 Å². The van der Waals surface area contributed by atoms with E-state index < -0.39 is 5.56 Å². The van der Waals surface area contributed by atoms with Crippen molar-refractivity contribution in [2.45, 2.75) is 0 Å². The largest absolute Gasteiger partial charge is 0.491 e. The van der Waals surface area contributed by atoms with Crippen molar-refractivity contribution in [2.75, 3.05) is 0 Å². The molecule has 0 saturated carbocycles. The van der Waals surface area contributed by atoms with Gasteiger partial charge in [-0.05, 0) is 34.1 Å². The molecular weight excluding hydrogens is 321 g/mol. The van der Waals surface area contributed by atoms with Gasteiger partial charge in [-0.15, -0.1) is 5.10 Å². The average molecular weight is 327 g/mol. The first-order chi connectivity index (χ1) is 8.56. The minimum atomic E-state index is -0.400. The Kier molecular flexibility index (Phi) is 2.49. The number of aromatic amines is 1. The quantitative estimate of drug-likeness (QED) is 0.622. The SMILES string of the molecule is O=c1[nH]nc(O)c2nc3cc(Cl)c(Br)cc3cc12. The van der Waals surface area contributed by atoms with Crippen molar-refractivity contribution in [1.29, 1.82) is 0 Å². The maximum absolute atomic E-state index is 11.6. The summed E-state index contributed by atoms with van der Waals surface area (Å²) in [6.45, 7) is 0. The lowest BCUT2D eigenvalue weighted by molar-refractivity contribution is 0.450. The first-order valence-electron chi connectivity index (χ1n) is 4.93. The average Bonchev–Trinajstić information content (AvgIpc) is 2.34. The summed E-state index contributed by atoms with van der Waals surface area (Å²) >= 11 is 9.28. The number of fused-ring (bicyclic) bond motifs is 2. The normalized spacial score (nSPS) is 11.2. The second kappa shape index (κ2) is 3.93. The Bertz CT molecular complexity index is 847. The van der Waals surface area contributed by atoms with Gasteiger partial charge in [0.15, 0.2) is 0 Å². The molecule has 0 fully saturated rings. The molecule has 0 atom stereocenters. The van der Waals surface area contributed by atoms with Crippen molar-refractivity contribution in [2.24, 2.45) is 0 Å². The molecule has 0 aliphatic carbocycles. The topological polar surface area (TPSA) is 78.9 Å². The van der Waals surface area contributed by atoms with Crippen molar-refractivity contribution in [3.8, 4) is 5.88 Å². The minimum Gasteiger partial charge on any atom is -0.491 e. The lowest BCUT2D eigenvalue weighted by Crippen LogP contribution is -2.08. The van der Waals surface area contributed by atoms with E-state index in [1.54, 1.807) is 18.2 Å². The minimum absolute atomic E-state index is 0.157. The van der Waals surface area contributed by atoms with E-state index in [2.05, 4.69) is 31.1 Å². The number of aromatic hydroxyl groups is 1. The second-order valence-corrected chi connectivity index (χ2v) is 4.98. The molecule has 7 heteroatoms. The van der Waals surface area contributed by atoms with E-state index in [1.165, 1.54) is 0 Å². The van der Waals surface area contributed by atoms with Crippen LogP contribution < -0.4 is 5.56 Å². The van der Waals surface area contributed by atoms with Crippen LogP contribution in [0.5, 0.6) is 5.88 Å². The maximum Gasteiger partial charge on any atom is 0.273 e. The standard InChI is InChI=1S/C11H5BrClN3O2/c12-6-2-4-1-5-9(11(18)16-15-10(5)17)14-8(4)3-7(6)13/h1-3H,(H,15,17)(H,16,18). The van der Waals surface area contributed by atoms with Gasteiger partial charge in [-0.3, -0.25) is 4.79 Å². The molecule has 0 aliphatic heterocycles. The van der Waals surface area contributed by atoms with Gasteiger partial charge < -0.3 is 5.11 Å². The van der Waals surface area contributed by atoms with Crippen LogP contribution in [0.1, 0.15) is 0 Å². The Balaban J connectivity index is 2.55. The van der Waals surface area contributed by atoms with Gasteiger partial charge >= 0.3 is 0 Å². The number of hydrogen-bond donors (Lipinski definition) is 2. The summed E-state index contributed by atoms with van der Waals surface area (Å²) in [6.07, 6.45) is 0. The van der Waals surface area contributed by atoms with Gasteiger partial charge in [0.2, 0.25) is 0 Å². The fraction of sp³-hybridized carbons (Fsp3) is 0. The zero-order chi connectivity index (χ0) is 12.9. The van der Waals surface area contributed by atoms with Gasteiger partial charge in [0.1, 0.15) is 5.52 Å². The molecule has 3 rings (SSSR count). The first-order valence-corrected chi connectivity index (χ1v) is 6.10. The molecule has 3 aromatic rings. The van der Waals surface area contributed by atoms with Crippen LogP contribution in [-0.4, -0.2) is 20.3 Å². The molecule has 2 N–H and O–H groups in total. The van der Waals surface area contributed by atoms with Crippen LogP contribution in [0.4, 0.5) is 0 Å². The number of pyridine rings is 1. The van der Waals surface area contributed by atoms with Crippen molar-refractivity contribution >= 4 is 49.3 Å². The highest BCUT2D eigenvalue weighted by Crippen LogP contribution is 2.29. The number of nitrogens with zero attached hydrogens (tertiary/aromatic N) is 2. The summed E-state index contributed by atoms with van der Waals surface area (Å²) in [5, 5.41) is 16.8. The van der Waals surface area contributed by atoms with E-state index >= 15 is 0 Å². The van der Waals surface area contributed by atoms with Crippen LogP contribution in [0.3, 0.4) is 0 Å². The highest BCUT2D eigenvalue weighted by molar-refractivity contribution is 9.10. The first kappa shape index (κ1) is 11.4. The molecular formula is C11H5BrClN3O2. The van der Waals surface area contributed by atoms with E-state index in [1.807, 2.05) is 0 Å².